The van der Waals surface area contributed by atoms with Crippen LogP contribution in [0.1, 0.15) is 13.8 Å². The third kappa shape index (κ3) is 3.72. The number of carbonyl (C=O) groups is 1. The van der Waals surface area contributed by atoms with Crippen LogP contribution >= 0.6 is 11.3 Å². The lowest BCUT2D eigenvalue weighted by atomic mass is 10.0. The van der Waals surface area contributed by atoms with E-state index in [4.69, 9.17) is 0 Å². The Morgan fingerprint density at radius 2 is 2.03 bits per heavy atom. The molecule has 1 amide bonds. The minimum atomic E-state index is -0.461. The van der Waals surface area contributed by atoms with E-state index in [1.54, 1.807) is 55.8 Å². The van der Waals surface area contributed by atoms with Gasteiger partial charge >= 0.3 is 0 Å². The molecule has 0 bridgehead atoms. The van der Waals surface area contributed by atoms with Crippen molar-refractivity contribution in [3.63, 3.8) is 0 Å². The van der Waals surface area contributed by atoms with Gasteiger partial charge in [-0.25, -0.2) is 14.4 Å². The van der Waals surface area contributed by atoms with Crippen molar-refractivity contribution in [3.05, 3.63) is 66.2 Å². The van der Waals surface area contributed by atoms with E-state index in [2.05, 4.69) is 35.5 Å². The monoisotopic (exact) mass is 497 g/mol. The van der Waals surface area contributed by atoms with Crippen LogP contribution in [0.4, 0.5) is 10.1 Å². The van der Waals surface area contributed by atoms with E-state index in [9.17, 15) is 4.79 Å². The molecule has 0 aliphatic heterocycles. The van der Waals surface area contributed by atoms with Gasteiger partial charge in [-0.05, 0) is 35.7 Å². The lowest BCUT2D eigenvalue weighted by Gasteiger charge is -2.10. The van der Waals surface area contributed by atoms with Gasteiger partial charge in [0.2, 0.25) is 5.91 Å². The van der Waals surface area contributed by atoms with Gasteiger partial charge in [0.1, 0.15) is 11.5 Å². The fourth-order valence-electron chi connectivity index (χ4n) is 4.07. The number of anilines is 1. The Morgan fingerprint density at radius 3 is 2.83 bits per heavy atom. The number of nitrogens with zero attached hydrogens (tertiary/aromatic N) is 4. The molecular weight excluding hydrogens is 477 g/mol. The summed E-state index contributed by atoms with van der Waals surface area (Å²) in [7, 11) is 0. The van der Waals surface area contributed by atoms with Gasteiger partial charge in [0.15, 0.2) is 11.5 Å². The largest absolute Gasteiger partial charge is 0.335 e. The lowest BCUT2D eigenvalue weighted by molar-refractivity contribution is -0.118. The summed E-state index contributed by atoms with van der Waals surface area (Å²) >= 11 is 1.62. The second kappa shape index (κ2) is 8.65. The molecule has 5 heterocycles. The molecule has 178 valence electrons. The molecule has 0 atom stereocenters. The van der Waals surface area contributed by atoms with E-state index in [0.717, 1.165) is 16.0 Å². The van der Waals surface area contributed by atoms with Crippen LogP contribution < -0.4 is 5.32 Å². The van der Waals surface area contributed by atoms with Crippen molar-refractivity contribution in [1.29, 1.82) is 0 Å². The van der Waals surface area contributed by atoms with Crippen LogP contribution in [0.2, 0.25) is 0 Å². The first-order chi connectivity index (χ1) is 17.5. The maximum atomic E-state index is 16.0. The number of rotatable bonds is 5. The number of halogens is 1. The maximum absolute atomic E-state index is 16.0. The Balaban J connectivity index is 1.46. The number of carbonyl (C=O) groups excluding carboxylic acids is 1. The minimum absolute atomic E-state index is 0.137. The van der Waals surface area contributed by atoms with Crippen LogP contribution in [0.25, 0.3) is 55.2 Å². The highest BCUT2D eigenvalue weighted by Gasteiger charge is 2.21. The molecule has 0 radical (unpaired) electrons. The summed E-state index contributed by atoms with van der Waals surface area (Å²) < 4.78 is 16.0. The average Bonchev–Trinajstić information content (AvgIpc) is 3.63. The van der Waals surface area contributed by atoms with E-state index >= 15 is 4.39 Å². The fourth-order valence-corrected chi connectivity index (χ4v) is 4.83. The predicted octanol–water partition coefficient (Wildman–Crippen LogP) is 6.03. The number of hydrogen-bond acceptors (Lipinski definition) is 6. The molecule has 0 aliphatic carbocycles. The van der Waals surface area contributed by atoms with Crippen molar-refractivity contribution in [3.8, 4) is 33.1 Å². The second-order valence-corrected chi connectivity index (χ2v) is 9.60. The summed E-state index contributed by atoms with van der Waals surface area (Å²) in [4.78, 5) is 29.7. The van der Waals surface area contributed by atoms with E-state index in [1.807, 2.05) is 23.6 Å². The number of nitrogens with one attached hydrogen (secondary N) is 3. The summed E-state index contributed by atoms with van der Waals surface area (Å²) in [5.74, 6) is -0.367. The highest BCUT2D eigenvalue weighted by Crippen LogP contribution is 2.36. The van der Waals surface area contributed by atoms with Crippen molar-refractivity contribution < 1.29 is 9.18 Å². The number of imidazole rings is 1. The van der Waals surface area contributed by atoms with Crippen LogP contribution in [0.15, 0.2) is 60.4 Å². The third-order valence-electron chi connectivity index (χ3n) is 5.91. The van der Waals surface area contributed by atoms with Gasteiger partial charge in [-0.15, -0.1) is 11.3 Å². The van der Waals surface area contributed by atoms with Gasteiger partial charge in [-0.2, -0.15) is 5.10 Å². The second-order valence-electron chi connectivity index (χ2n) is 8.65. The normalized spacial score (nSPS) is 11.6. The van der Waals surface area contributed by atoms with Gasteiger partial charge in [-0.1, -0.05) is 19.9 Å². The number of H-pyrrole nitrogens is 2. The zero-order chi connectivity index (χ0) is 24.8. The summed E-state index contributed by atoms with van der Waals surface area (Å²) in [6.07, 6.45) is 4.81. The zero-order valence-electron chi connectivity index (χ0n) is 19.3. The minimum Gasteiger partial charge on any atom is -0.335 e. The summed E-state index contributed by atoms with van der Waals surface area (Å²) in [5, 5.41) is 12.4. The van der Waals surface area contributed by atoms with Gasteiger partial charge in [0.25, 0.3) is 0 Å². The molecule has 36 heavy (non-hydrogen) atoms. The van der Waals surface area contributed by atoms with E-state index in [0.29, 0.717) is 44.9 Å². The first-order valence-corrected chi connectivity index (χ1v) is 12.2. The van der Waals surface area contributed by atoms with Crippen molar-refractivity contribution in [2.24, 2.45) is 5.92 Å². The van der Waals surface area contributed by atoms with Crippen molar-refractivity contribution in [1.82, 2.24) is 30.1 Å². The van der Waals surface area contributed by atoms with Gasteiger partial charge < -0.3 is 10.3 Å². The van der Waals surface area contributed by atoms with Gasteiger partial charge in [0.05, 0.1) is 28.3 Å². The predicted molar refractivity (Wildman–Crippen MR) is 139 cm³/mol. The summed E-state index contributed by atoms with van der Waals surface area (Å²) in [5.41, 5.74) is 4.54. The molecule has 3 N–H and O–H groups in total. The highest BCUT2D eigenvalue weighted by molar-refractivity contribution is 7.13. The van der Waals surface area contributed by atoms with Crippen LogP contribution in [0.3, 0.4) is 0 Å². The van der Waals surface area contributed by atoms with Crippen LogP contribution in [-0.4, -0.2) is 36.0 Å². The quantitative estimate of drug-likeness (QED) is 0.269. The van der Waals surface area contributed by atoms with Crippen molar-refractivity contribution in [2.45, 2.75) is 13.8 Å². The number of benzene rings is 1. The number of pyridine rings is 2. The van der Waals surface area contributed by atoms with Gasteiger partial charge in [-0.3, -0.25) is 14.9 Å². The number of amides is 1. The van der Waals surface area contributed by atoms with Crippen LogP contribution in [0, 0.1) is 11.7 Å². The molecule has 5 aromatic heterocycles. The van der Waals surface area contributed by atoms with Crippen LogP contribution in [-0.2, 0) is 4.79 Å². The highest BCUT2D eigenvalue weighted by atomic mass is 32.1. The first kappa shape index (κ1) is 22.1. The van der Waals surface area contributed by atoms with Crippen LogP contribution in [0.5, 0.6) is 0 Å². The third-order valence-corrected chi connectivity index (χ3v) is 6.81. The molecule has 0 aliphatic rings. The molecule has 0 spiro atoms. The number of aromatic nitrogens is 6. The topological polar surface area (TPSA) is 112 Å². The Kier molecular flexibility index (Phi) is 5.30. The Hall–Kier alpha value is -4.44. The SMILES string of the molecule is CC(C)C(=O)Nc1cncc(-c2ccc3[nH]nc(-c4nc5nccc(-c6cccs6)c5[nH]4)c3c2F)c1. The van der Waals surface area contributed by atoms with E-state index < -0.39 is 5.82 Å². The smallest absolute Gasteiger partial charge is 0.226 e. The molecule has 8 nitrogen and oxygen atoms in total. The van der Waals surface area contributed by atoms with E-state index in [-0.39, 0.29) is 11.8 Å². The molecule has 0 saturated carbocycles. The van der Waals surface area contributed by atoms with Gasteiger partial charge in [0, 0.05) is 39.9 Å². The average molecular weight is 498 g/mol. The summed E-state index contributed by atoms with van der Waals surface area (Å²) in [6, 6.07) is 11.1. The lowest BCUT2D eigenvalue weighted by Crippen LogP contribution is -2.17. The number of fused-ring (bicyclic) bond motifs is 2. The molecule has 10 heteroatoms. The van der Waals surface area contributed by atoms with Crippen molar-refractivity contribution in [2.75, 3.05) is 5.32 Å². The first-order valence-electron chi connectivity index (χ1n) is 11.3. The Bertz CT molecular complexity index is 1740. The maximum Gasteiger partial charge on any atom is 0.226 e. The molecule has 1 aromatic carbocycles. The number of hydrogen-bond donors (Lipinski definition) is 3. The Morgan fingerprint density at radius 1 is 1.14 bits per heavy atom. The number of thiophene rings is 1. The zero-order valence-corrected chi connectivity index (χ0v) is 20.2. The molecule has 0 fully saturated rings. The van der Waals surface area contributed by atoms with Crippen molar-refractivity contribution >= 4 is 45.0 Å². The summed E-state index contributed by atoms with van der Waals surface area (Å²) in [6.45, 7) is 3.61. The fraction of sp³-hybridized carbons (Fsp3) is 0.115. The molecule has 0 unspecified atom stereocenters. The molecule has 6 rings (SSSR count). The molecule has 0 saturated heterocycles. The molecule has 6 aromatic rings. The number of aromatic amines is 2. The molecular formula is C26H20FN7OS. The standard InChI is InChI=1S/C26H20FN7OS/c1-13(2)26(35)30-15-10-14(11-28-12-15)16-5-6-18-20(21(16)27)23(34-33-18)25-31-22-17(19-4-3-9-36-19)7-8-29-24(22)32-25/h3-13H,1-2H3,(H,30,35)(H,33,34)(H,29,31,32). The Labute approximate surface area is 208 Å². The van der Waals surface area contributed by atoms with E-state index in [1.165, 1.54) is 6.20 Å².